The third kappa shape index (κ3) is 3.46. The van der Waals surface area contributed by atoms with Crippen LogP contribution >= 0.6 is 27.5 Å². The first-order valence-electron chi connectivity index (χ1n) is 5.36. The highest BCUT2D eigenvalue weighted by molar-refractivity contribution is 9.10. The molecule has 96 valence electrons. The van der Waals surface area contributed by atoms with Gasteiger partial charge in [-0.3, -0.25) is 0 Å². The zero-order valence-electron chi connectivity index (χ0n) is 9.66. The van der Waals surface area contributed by atoms with Gasteiger partial charge < -0.3 is 4.74 Å². The lowest BCUT2D eigenvalue weighted by Gasteiger charge is -2.09. The average Bonchev–Trinajstić information content (AvgIpc) is 2.40. The summed E-state index contributed by atoms with van der Waals surface area (Å²) in [7, 11) is 0. The molecule has 0 amide bonds. The Kier molecular flexibility index (Phi) is 4.41. The van der Waals surface area contributed by atoms with Crippen LogP contribution in [0.15, 0.2) is 40.9 Å². The van der Waals surface area contributed by atoms with Crippen molar-refractivity contribution in [2.75, 3.05) is 0 Å². The number of ether oxygens (including phenoxy) is 1. The van der Waals surface area contributed by atoms with E-state index < -0.39 is 0 Å². The van der Waals surface area contributed by atoms with E-state index in [1.54, 1.807) is 24.3 Å². The molecule has 0 N–H and O–H groups in total. The molecule has 0 unspecified atom stereocenters. The van der Waals surface area contributed by atoms with Gasteiger partial charge >= 0.3 is 0 Å². The van der Waals surface area contributed by atoms with Crippen molar-refractivity contribution >= 4 is 27.5 Å². The Morgan fingerprint density at radius 1 is 1.26 bits per heavy atom. The minimum Gasteiger partial charge on any atom is -0.487 e. The van der Waals surface area contributed by atoms with Crippen LogP contribution in [0.2, 0.25) is 5.02 Å². The molecule has 0 fully saturated rings. The fourth-order valence-electron chi connectivity index (χ4n) is 1.52. The Morgan fingerprint density at radius 2 is 2.05 bits per heavy atom. The molecular weight excluding hydrogens is 333 g/mol. The Hall–Kier alpha value is -1.57. The van der Waals surface area contributed by atoms with Crippen molar-refractivity contribution in [3.05, 3.63) is 62.8 Å². The number of nitriles is 1. The summed E-state index contributed by atoms with van der Waals surface area (Å²) >= 11 is 9.11. The van der Waals surface area contributed by atoms with Crippen LogP contribution in [0.5, 0.6) is 5.75 Å². The first-order chi connectivity index (χ1) is 9.10. The van der Waals surface area contributed by atoms with Crippen molar-refractivity contribution in [3.8, 4) is 11.8 Å². The van der Waals surface area contributed by atoms with E-state index in [0.717, 1.165) is 4.47 Å². The van der Waals surface area contributed by atoms with E-state index in [1.165, 1.54) is 12.1 Å². The van der Waals surface area contributed by atoms with E-state index in [4.69, 9.17) is 21.6 Å². The first-order valence-corrected chi connectivity index (χ1v) is 6.53. The van der Waals surface area contributed by atoms with Crippen LogP contribution in [0, 0.1) is 17.1 Å². The Morgan fingerprint density at radius 3 is 2.79 bits per heavy atom. The fourth-order valence-corrected chi connectivity index (χ4v) is 2.09. The van der Waals surface area contributed by atoms with Crippen LogP contribution in [0.4, 0.5) is 4.39 Å². The topological polar surface area (TPSA) is 33.0 Å². The minimum absolute atomic E-state index is 0.0281. The van der Waals surface area contributed by atoms with Crippen LogP contribution in [0.1, 0.15) is 11.1 Å². The predicted octanol–water partition coefficient (Wildman–Crippen LogP) is 4.69. The molecule has 0 radical (unpaired) electrons. The van der Waals surface area contributed by atoms with Gasteiger partial charge in [-0.25, -0.2) is 4.39 Å². The summed E-state index contributed by atoms with van der Waals surface area (Å²) < 4.78 is 19.8. The molecule has 0 saturated carbocycles. The Labute approximate surface area is 123 Å². The van der Waals surface area contributed by atoms with E-state index in [9.17, 15) is 4.39 Å². The molecule has 2 nitrogen and oxygen atoms in total. The van der Waals surface area contributed by atoms with Gasteiger partial charge in [-0.15, -0.1) is 0 Å². The molecule has 0 aliphatic rings. The zero-order valence-corrected chi connectivity index (χ0v) is 12.0. The summed E-state index contributed by atoms with van der Waals surface area (Å²) in [6.45, 7) is 0.0281. The van der Waals surface area contributed by atoms with E-state index in [1.807, 2.05) is 6.07 Å². The van der Waals surface area contributed by atoms with Crippen LogP contribution in [-0.2, 0) is 6.61 Å². The van der Waals surface area contributed by atoms with Crippen LogP contribution in [-0.4, -0.2) is 0 Å². The molecule has 19 heavy (non-hydrogen) atoms. The van der Waals surface area contributed by atoms with Crippen LogP contribution < -0.4 is 4.74 Å². The average molecular weight is 341 g/mol. The van der Waals surface area contributed by atoms with Crippen molar-refractivity contribution in [2.24, 2.45) is 0 Å². The number of rotatable bonds is 3. The lowest BCUT2D eigenvalue weighted by atomic mass is 10.2. The standard InChI is InChI=1S/C14H8BrClFNO/c15-11-2-4-13(17)10(5-11)8-19-14-6-12(16)3-1-9(14)7-18/h1-6H,8H2. The molecule has 0 saturated heterocycles. The van der Waals surface area contributed by atoms with Gasteiger partial charge in [-0.1, -0.05) is 27.5 Å². The van der Waals surface area contributed by atoms with Gasteiger partial charge in [0.1, 0.15) is 24.2 Å². The highest BCUT2D eigenvalue weighted by Gasteiger charge is 2.07. The molecule has 0 aromatic heterocycles. The number of benzene rings is 2. The summed E-state index contributed by atoms with van der Waals surface area (Å²) in [6, 6.07) is 11.3. The monoisotopic (exact) mass is 339 g/mol. The number of nitrogens with zero attached hydrogens (tertiary/aromatic N) is 1. The SMILES string of the molecule is N#Cc1ccc(Cl)cc1OCc1cc(Br)ccc1F. The molecule has 5 heteroatoms. The first kappa shape index (κ1) is 13.9. The quantitative estimate of drug-likeness (QED) is 0.812. The van der Waals surface area contributed by atoms with Gasteiger partial charge in [0.2, 0.25) is 0 Å². The predicted molar refractivity (Wildman–Crippen MR) is 74.6 cm³/mol. The molecule has 0 heterocycles. The molecule has 0 atom stereocenters. The molecule has 2 aromatic rings. The van der Waals surface area contributed by atoms with Gasteiger partial charge in [-0.2, -0.15) is 5.26 Å². The summed E-state index contributed by atoms with van der Waals surface area (Å²) in [5.74, 6) is -0.0156. The maximum atomic E-state index is 13.5. The lowest BCUT2D eigenvalue weighted by molar-refractivity contribution is 0.299. The molecule has 2 aromatic carbocycles. The van der Waals surface area contributed by atoms with Gasteiger partial charge in [0.25, 0.3) is 0 Å². The van der Waals surface area contributed by atoms with Gasteiger partial charge in [-0.05, 0) is 30.3 Å². The van der Waals surface area contributed by atoms with Crippen molar-refractivity contribution < 1.29 is 9.13 Å². The maximum Gasteiger partial charge on any atom is 0.139 e. The van der Waals surface area contributed by atoms with Gasteiger partial charge in [0, 0.05) is 21.1 Å². The molecule has 0 spiro atoms. The van der Waals surface area contributed by atoms with Crippen molar-refractivity contribution in [3.63, 3.8) is 0 Å². The number of hydrogen-bond acceptors (Lipinski definition) is 2. The highest BCUT2D eigenvalue weighted by Crippen LogP contribution is 2.24. The largest absolute Gasteiger partial charge is 0.487 e. The fraction of sp³-hybridized carbons (Fsp3) is 0.0714. The molecule has 0 aliphatic carbocycles. The third-order valence-electron chi connectivity index (χ3n) is 2.46. The normalized spacial score (nSPS) is 10.0. The van der Waals surface area contributed by atoms with E-state index in [-0.39, 0.29) is 12.4 Å². The van der Waals surface area contributed by atoms with Crippen molar-refractivity contribution in [1.29, 1.82) is 5.26 Å². The van der Waals surface area contributed by atoms with E-state index >= 15 is 0 Å². The summed E-state index contributed by atoms with van der Waals surface area (Å²) in [6.07, 6.45) is 0. The Bertz CT molecular complexity index is 654. The second-order valence-electron chi connectivity index (χ2n) is 3.78. The number of halogens is 3. The van der Waals surface area contributed by atoms with E-state index in [2.05, 4.69) is 15.9 Å². The molecule has 0 bridgehead atoms. The smallest absolute Gasteiger partial charge is 0.139 e. The second-order valence-corrected chi connectivity index (χ2v) is 5.13. The summed E-state index contributed by atoms with van der Waals surface area (Å²) in [5.41, 5.74) is 0.762. The van der Waals surface area contributed by atoms with Crippen LogP contribution in [0.25, 0.3) is 0 Å². The molecule has 0 aliphatic heterocycles. The number of hydrogen-bond donors (Lipinski definition) is 0. The minimum atomic E-state index is -0.358. The summed E-state index contributed by atoms with van der Waals surface area (Å²) in [5, 5.41) is 9.41. The van der Waals surface area contributed by atoms with Crippen LogP contribution in [0.3, 0.4) is 0 Å². The second kappa shape index (κ2) is 6.05. The lowest BCUT2D eigenvalue weighted by Crippen LogP contribution is -2.00. The maximum absolute atomic E-state index is 13.5. The zero-order chi connectivity index (χ0) is 13.8. The van der Waals surface area contributed by atoms with Gasteiger partial charge in [0.05, 0.1) is 5.56 Å². The van der Waals surface area contributed by atoms with Crippen molar-refractivity contribution in [2.45, 2.75) is 6.61 Å². The Balaban J connectivity index is 2.21. The van der Waals surface area contributed by atoms with Gasteiger partial charge in [0.15, 0.2) is 0 Å². The van der Waals surface area contributed by atoms with Crippen molar-refractivity contribution in [1.82, 2.24) is 0 Å². The summed E-state index contributed by atoms with van der Waals surface area (Å²) in [4.78, 5) is 0. The van der Waals surface area contributed by atoms with E-state index in [0.29, 0.717) is 21.9 Å². The molecular formula is C14H8BrClFNO. The third-order valence-corrected chi connectivity index (χ3v) is 3.18. The highest BCUT2D eigenvalue weighted by atomic mass is 79.9. The molecule has 2 rings (SSSR count).